The van der Waals surface area contributed by atoms with Gasteiger partial charge in [0.2, 0.25) is 0 Å². The van der Waals surface area contributed by atoms with Crippen LogP contribution in [0.15, 0.2) is 22.7 Å². The fourth-order valence-corrected chi connectivity index (χ4v) is 1.61. The highest BCUT2D eigenvalue weighted by molar-refractivity contribution is 9.10. The van der Waals surface area contributed by atoms with Gasteiger partial charge in [-0.15, -0.1) is 0 Å². The fourth-order valence-electron chi connectivity index (χ4n) is 1.18. The largest absolute Gasteiger partial charge is 0.507 e. The summed E-state index contributed by atoms with van der Waals surface area (Å²) in [5.74, 6) is 0.179. The Hall–Kier alpha value is -1.27. The predicted molar refractivity (Wildman–Crippen MR) is 72.0 cm³/mol. The Morgan fingerprint density at radius 1 is 1.44 bits per heavy atom. The average Bonchev–Trinajstić information content (AvgIpc) is 2.20. The van der Waals surface area contributed by atoms with Gasteiger partial charge in [0.05, 0.1) is 4.47 Å². The van der Waals surface area contributed by atoms with E-state index < -0.39 is 11.7 Å². The number of ether oxygens (including phenoxy) is 1. The third-order valence-electron chi connectivity index (χ3n) is 1.89. The molecule has 0 unspecified atom stereocenters. The van der Waals surface area contributed by atoms with E-state index in [9.17, 15) is 9.90 Å². The van der Waals surface area contributed by atoms with Gasteiger partial charge in [0.1, 0.15) is 11.4 Å². The summed E-state index contributed by atoms with van der Waals surface area (Å²) in [6, 6.07) is 5.09. The number of hydrazine groups is 1. The number of halogens is 1. The second-order valence-corrected chi connectivity index (χ2v) is 5.62. The molecule has 0 aliphatic heterocycles. The van der Waals surface area contributed by atoms with Crippen molar-refractivity contribution >= 4 is 22.0 Å². The zero-order chi connectivity index (χ0) is 13.8. The van der Waals surface area contributed by atoms with Crippen LogP contribution >= 0.6 is 15.9 Å². The number of benzene rings is 1. The first kappa shape index (κ1) is 14.8. The molecule has 0 fully saturated rings. The topological polar surface area (TPSA) is 70.6 Å². The van der Waals surface area contributed by atoms with Crippen LogP contribution in [-0.4, -0.2) is 16.8 Å². The van der Waals surface area contributed by atoms with Gasteiger partial charge in [-0.2, -0.15) is 0 Å². The Morgan fingerprint density at radius 3 is 2.67 bits per heavy atom. The van der Waals surface area contributed by atoms with Gasteiger partial charge in [-0.1, -0.05) is 6.07 Å². The van der Waals surface area contributed by atoms with Crippen LogP contribution in [-0.2, 0) is 11.3 Å². The number of phenolic OH excluding ortho intramolecular Hbond substituents is 1. The van der Waals surface area contributed by atoms with Crippen molar-refractivity contribution in [1.29, 1.82) is 0 Å². The number of phenols is 1. The minimum atomic E-state index is -0.527. The Morgan fingerprint density at radius 2 is 2.11 bits per heavy atom. The maximum Gasteiger partial charge on any atom is 0.422 e. The lowest BCUT2D eigenvalue weighted by Crippen LogP contribution is -2.40. The van der Waals surface area contributed by atoms with Crippen molar-refractivity contribution in [3.8, 4) is 5.75 Å². The molecular weight excluding hydrogens is 300 g/mol. The molecule has 0 saturated carbocycles. The second kappa shape index (κ2) is 6.06. The van der Waals surface area contributed by atoms with Crippen LogP contribution < -0.4 is 10.9 Å². The van der Waals surface area contributed by atoms with Gasteiger partial charge in [-0.25, -0.2) is 10.2 Å². The number of rotatable bonds is 3. The third-order valence-corrected chi connectivity index (χ3v) is 2.53. The summed E-state index contributed by atoms with van der Waals surface area (Å²) in [7, 11) is 0. The number of carbonyl (C=O) groups excluding carboxylic acids is 1. The van der Waals surface area contributed by atoms with Crippen molar-refractivity contribution in [2.75, 3.05) is 0 Å². The lowest BCUT2D eigenvalue weighted by molar-refractivity contribution is 0.0497. The first-order valence-corrected chi connectivity index (χ1v) is 6.26. The highest BCUT2D eigenvalue weighted by atomic mass is 79.9. The summed E-state index contributed by atoms with van der Waals surface area (Å²) in [4.78, 5) is 11.3. The molecule has 1 rings (SSSR count). The highest BCUT2D eigenvalue weighted by Gasteiger charge is 2.15. The Labute approximate surface area is 115 Å². The standard InChI is InChI=1S/C12H17BrN2O3/c1-12(2,3)18-11(17)15-14-7-8-4-5-10(16)9(13)6-8/h4-6,14,16H,7H2,1-3H3,(H,15,17). The third kappa shape index (κ3) is 5.37. The summed E-state index contributed by atoms with van der Waals surface area (Å²) in [6.45, 7) is 5.81. The molecule has 1 aromatic rings. The summed E-state index contributed by atoms with van der Waals surface area (Å²) >= 11 is 3.22. The van der Waals surface area contributed by atoms with Crippen molar-refractivity contribution in [2.24, 2.45) is 0 Å². The smallest absolute Gasteiger partial charge is 0.422 e. The van der Waals surface area contributed by atoms with E-state index in [1.807, 2.05) is 0 Å². The van der Waals surface area contributed by atoms with Crippen LogP contribution in [0.1, 0.15) is 26.3 Å². The van der Waals surface area contributed by atoms with E-state index in [0.29, 0.717) is 11.0 Å². The lowest BCUT2D eigenvalue weighted by atomic mass is 10.2. The van der Waals surface area contributed by atoms with Gasteiger partial charge >= 0.3 is 6.09 Å². The molecule has 0 atom stereocenters. The molecule has 18 heavy (non-hydrogen) atoms. The zero-order valence-corrected chi connectivity index (χ0v) is 12.2. The number of hydrogen-bond donors (Lipinski definition) is 3. The van der Waals surface area contributed by atoms with Crippen LogP contribution in [0.2, 0.25) is 0 Å². The second-order valence-electron chi connectivity index (χ2n) is 4.77. The Bertz CT molecular complexity index is 430. The van der Waals surface area contributed by atoms with Crippen LogP contribution in [0, 0.1) is 0 Å². The van der Waals surface area contributed by atoms with Gasteiger partial charge in [0.25, 0.3) is 0 Å². The van der Waals surface area contributed by atoms with Gasteiger partial charge in [-0.05, 0) is 54.4 Å². The molecular formula is C12H17BrN2O3. The monoisotopic (exact) mass is 316 g/mol. The van der Waals surface area contributed by atoms with Gasteiger partial charge < -0.3 is 9.84 Å². The van der Waals surface area contributed by atoms with Crippen molar-refractivity contribution in [1.82, 2.24) is 10.9 Å². The molecule has 6 heteroatoms. The van der Waals surface area contributed by atoms with Gasteiger partial charge in [-0.3, -0.25) is 5.43 Å². The summed E-state index contributed by atoms with van der Waals surface area (Å²) in [5, 5.41) is 9.33. The highest BCUT2D eigenvalue weighted by Crippen LogP contribution is 2.23. The molecule has 0 aliphatic rings. The van der Waals surface area contributed by atoms with E-state index in [1.165, 1.54) is 0 Å². The maximum atomic E-state index is 11.3. The van der Waals surface area contributed by atoms with E-state index in [-0.39, 0.29) is 5.75 Å². The molecule has 0 spiro atoms. The van der Waals surface area contributed by atoms with Gasteiger partial charge in [0.15, 0.2) is 0 Å². The number of hydrogen-bond acceptors (Lipinski definition) is 4. The molecule has 0 aliphatic carbocycles. The number of amides is 1. The van der Waals surface area contributed by atoms with E-state index in [4.69, 9.17) is 4.74 Å². The summed E-state index contributed by atoms with van der Waals surface area (Å²) < 4.78 is 5.67. The van der Waals surface area contributed by atoms with Crippen molar-refractivity contribution in [3.63, 3.8) is 0 Å². The van der Waals surface area contributed by atoms with Crippen molar-refractivity contribution < 1.29 is 14.6 Å². The quantitative estimate of drug-likeness (QED) is 0.750. The molecule has 1 amide bonds. The SMILES string of the molecule is CC(C)(C)OC(=O)NNCc1ccc(O)c(Br)c1. The van der Waals surface area contributed by atoms with Crippen molar-refractivity contribution in [2.45, 2.75) is 32.9 Å². The Kier molecular flexibility index (Phi) is 4.98. The van der Waals surface area contributed by atoms with Crippen LogP contribution in [0.5, 0.6) is 5.75 Å². The minimum Gasteiger partial charge on any atom is -0.507 e. The lowest BCUT2D eigenvalue weighted by Gasteiger charge is -2.19. The van der Waals surface area contributed by atoms with Gasteiger partial charge in [0, 0.05) is 6.54 Å². The number of carbonyl (C=O) groups is 1. The summed E-state index contributed by atoms with van der Waals surface area (Å²) in [6.07, 6.45) is -0.527. The minimum absolute atomic E-state index is 0.179. The first-order valence-electron chi connectivity index (χ1n) is 5.47. The molecule has 100 valence electrons. The number of nitrogens with one attached hydrogen (secondary N) is 2. The average molecular weight is 317 g/mol. The maximum absolute atomic E-state index is 11.3. The van der Waals surface area contributed by atoms with Crippen LogP contribution in [0.3, 0.4) is 0 Å². The van der Waals surface area contributed by atoms with Crippen LogP contribution in [0.25, 0.3) is 0 Å². The molecule has 0 bridgehead atoms. The van der Waals surface area contributed by atoms with E-state index in [1.54, 1.807) is 39.0 Å². The molecule has 0 aromatic heterocycles. The fraction of sp³-hybridized carbons (Fsp3) is 0.417. The summed E-state index contributed by atoms with van der Waals surface area (Å²) in [5.41, 5.74) is 5.57. The predicted octanol–water partition coefficient (Wildman–Crippen LogP) is 2.68. The number of aromatic hydroxyl groups is 1. The molecule has 0 radical (unpaired) electrons. The normalized spacial score (nSPS) is 11.1. The van der Waals surface area contributed by atoms with E-state index >= 15 is 0 Å². The van der Waals surface area contributed by atoms with Crippen molar-refractivity contribution in [3.05, 3.63) is 28.2 Å². The Balaban J connectivity index is 2.38. The molecule has 5 nitrogen and oxygen atoms in total. The molecule has 3 N–H and O–H groups in total. The molecule has 0 saturated heterocycles. The first-order chi connectivity index (χ1) is 8.28. The van der Waals surface area contributed by atoms with Crippen LogP contribution in [0.4, 0.5) is 4.79 Å². The molecule has 0 heterocycles. The zero-order valence-electron chi connectivity index (χ0n) is 10.6. The van der Waals surface area contributed by atoms with E-state index in [0.717, 1.165) is 5.56 Å². The van der Waals surface area contributed by atoms with E-state index in [2.05, 4.69) is 26.8 Å². The molecule has 1 aromatic carbocycles.